The summed E-state index contributed by atoms with van der Waals surface area (Å²) in [5.74, 6) is 0.800. The minimum absolute atomic E-state index is 0.120. The minimum Gasteiger partial charge on any atom is -0.364 e. The van der Waals surface area contributed by atoms with Gasteiger partial charge in [0, 0.05) is 6.07 Å². The maximum atomic E-state index is 6.01. The fourth-order valence-corrected chi connectivity index (χ4v) is 1.18. The van der Waals surface area contributed by atoms with Crippen molar-refractivity contribution in [1.29, 1.82) is 0 Å². The van der Waals surface area contributed by atoms with Gasteiger partial charge in [-0.3, -0.25) is 0 Å². The van der Waals surface area contributed by atoms with Gasteiger partial charge in [0.05, 0.1) is 6.04 Å². The Hall–Kier alpha value is -1.69. The first-order valence-corrected chi connectivity index (χ1v) is 4.98. The molecule has 0 aliphatic heterocycles. The largest absolute Gasteiger partial charge is 0.364 e. The summed E-state index contributed by atoms with van der Waals surface area (Å²) in [5.41, 5.74) is 6.40. The van der Waals surface area contributed by atoms with Gasteiger partial charge in [0.15, 0.2) is 11.5 Å². The summed E-state index contributed by atoms with van der Waals surface area (Å²) in [6, 6.07) is 1.37. The molecule has 0 amide bonds. The Labute approximate surface area is 92.8 Å². The molecule has 0 saturated carbocycles. The van der Waals surface area contributed by atoms with Gasteiger partial charge in [0.1, 0.15) is 6.26 Å². The lowest BCUT2D eigenvalue weighted by Crippen LogP contribution is -2.27. The molecule has 2 aromatic rings. The van der Waals surface area contributed by atoms with E-state index in [1.54, 1.807) is 6.07 Å². The number of nitrogens with zero attached hydrogens (tertiary/aromatic N) is 3. The summed E-state index contributed by atoms with van der Waals surface area (Å²) < 4.78 is 9.76. The molecular weight excluding hydrogens is 208 g/mol. The Morgan fingerprint density at radius 1 is 1.31 bits per heavy atom. The summed E-state index contributed by atoms with van der Waals surface area (Å²) in [7, 11) is 0. The van der Waals surface area contributed by atoms with Crippen LogP contribution in [0.1, 0.15) is 32.6 Å². The summed E-state index contributed by atoms with van der Waals surface area (Å²) in [4.78, 5) is 4.19. The highest BCUT2D eigenvalue weighted by atomic mass is 16.5. The highest BCUT2D eigenvalue weighted by molar-refractivity contribution is 5.44. The molecule has 2 aromatic heterocycles. The SMILES string of the molecule is CC(C)(C)C(N)c1noc(-c2ccon2)n1. The van der Waals surface area contributed by atoms with Crippen molar-refractivity contribution in [2.45, 2.75) is 26.8 Å². The fraction of sp³-hybridized carbons (Fsp3) is 0.500. The normalized spacial score (nSPS) is 14.0. The zero-order valence-corrected chi connectivity index (χ0v) is 9.47. The average molecular weight is 222 g/mol. The average Bonchev–Trinajstić information content (AvgIpc) is 2.85. The quantitative estimate of drug-likeness (QED) is 0.832. The molecule has 1 atom stereocenters. The van der Waals surface area contributed by atoms with E-state index >= 15 is 0 Å². The van der Waals surface area contributed by atoms with Gasteiger partial charge in [-0.2, -0.15) is 4.98 Å². The molecule has 2 heterocycles. The van der Waals surface area contributed by atoms with Gasteiger partial charge in [0.25, 0.3) is 5.89 Å². The van der Waals surface area contributed by atoms with Crippen LogP contribution < -0.4 is 5.73 Å². The zero-order chi connectivity index (χ0) is 11.8. The van der Waals surface area contributed by atoms with E-state index in [0.717, 1.165) is 0 Å². The molecule has 0 saturated heterocycles. The Balaban J connectivity index is 2.27. The van der Waals surface area contributed by atoms with Crippen LogP contribution in [0, 0.1) is 5.41 Å². The van der Waals surface area contributed by atoms with E-state index in [0.29, 0.717) is 17.4 Å². The molecule has 6 nitrogen and oxygen atoms in total. The van der Waals surface area contributed by atoms with E-state index < -0.39 is 0 Å². The maximum Gasteiger partial charge on any atom is 0.280 e. The first-order valence-electron chi connectivity index (χ1n) is 4.98. The molecule has 1 unspecified atom stereocenters. The Bertz CT molecular complexity index is 455. The van der Waals surface area contributed by atoms with Crippen molar-refractivity contribution in [2.24, 2.45) is 11.1 Å². The lowest BCUT2D eigenvalue weighted by molar-refractivity contribution is 0.303. The van der Waals surface area contributed by atoms with Gasteiger partial charge >= 0.3 is 0 Å². The van der Waals surface area contributed by atoms with Crippen molar-refractivity contribution in [2.75, 3.05) is 0 Å². The van der Waals surface area contributed by atoms with Crippen LogP contribution in [-0.4, -0.2) is 15.3 Å². The summed E-state index contributed by atoms with van der Waals surface area (Å²) in [5, 5.41) is 7.56. The van der Waals surface area contributed by atoms with Crippen LogP contribution >= 0.6 is 0 Å². The molecule has 0 aromatic carbocycles. The monoisotopic (exact) mass is 222 g/mol. The molecule has 2 N–H and O–H groups in total. The maximum absolute atomic E-state index is 6.01. The van der Waals surface area contributed by atoms with E-state index in [4.69, 9.17) is 14.8 Å². The van der Waals surface area contributed by atoms with E-state index in [1.165, 1.54) is 6.26 Å². The topological polar surface area (TPSA) is 91.0 Å². The Morgan fingerprint density at radius 2 is 2.06 bits per heavy atom. The van der Waals surface area contributed by atoms with Crippen LogP contribution in [0.4, 0.5) is 0 Å². The minimum atomic E-state index is -0.281. The van der Waals surface area contributed by atoms with Gasteiger partial charge in [-0.1, -0.05) is 31.1 Å². The number of hydrogen-bond acceptors (Lipinski definition) is 6. The van der Waals surface area contributed by atoms with Gasteiger partial charge in [-0.15, -0.1) is 0 Å². The third kappa shape index (κ3) is 1.96. The second-order valence-electron chi connectivity index (χ2n) is 4.69. The molecule has 86 valence electrons. The third-order valence-electron chi connectivity index (χ3n) is 2.31. The molecule has 2 rings (SSSR count). The van der Waals surface area contributed by atoms with E-state index in [2.05, 4.69) is 15.3 Å². The van der Waals surface area contributed by atoms with E-state index in [9.17, 15) is 0 Å². The molecule has 0 radical (unpaired) electrons. The van der Waals surface area contributed by atoms with Crippen LogP contribution in [0.15, 0.2) is 21.4 Å². The standard InChI is InChI=1S/C10H14N4O2/c1-10(2,3)7(11)8-12-9(16-14-8)6-4-5-15-13-6/h4-5,7H,11H2,1-3H3. The van der Waals surface area contributed by atoms with E-state index in [-0.39, 0.29) is 11.5 Å². The van der Waals surface area contributed by atoms with Crippen molar-refractivity contribution in [3.05, 3.63) is 18.2 Å². The molecular formula is C10H14N4O2. The van der Waals surface area contributed by atoms with Crippen molar-refractivity contribution < 1.29 is 9.05 Å². The summed E-state index contributed by atoms with van der Waals surface area (Å²) in [6.07, 6.45) is 1.45. The number of rotatable bonds is 2. The van der Waals surface area contributed by atoms with Crippen LogP contribution in [0.25, 0.3) is 11.6 Å². The molecule has 6 heteroatoms. The smallest absolute Gasteiger partial charge is 0.280 e. The molecule has 0 fully saturated rings. The first-order chi connectivity index (χ1) is 7.48. The van der Waals surface area contributed by atoms with Crippen molar-refractivity contribution >= 4 is 0 Å². The van der Waals surface area contributed by atoms with Crippen molar-refractivity contribution in [3.63, 3.8) is 0 Å². The highest BCUT2D eigenvalue weighted by Crippen LogP contribution is 2.29. The second-order valence-corrected chi connectivity index (χ2v) is 4.69. The van der Waals surface area contributed by atoms with Gasteiger partial charge in [-0.25, -0.2) is 0 Å². The molecule has 0 aliphatic carbocycles. The predicted octanol–water partition coefficient (Wildman–Crippen LogP) is 1.77. The molecule has 0 aliphatic rings. The third-order valence-corrected chi connectivity index (χ3v) is 2.31. The summed E-state index contributed by atoms with van der Waals surface area (Å²) >= 11 is 0. The van der Waals surface area contributed by atoms with Crippen LogP contribution in [0.3, 0.4) is 0 Å². The molecule has 0 spiro atoms. The van der Waals surface area contributed by atoms with Crippen LogP contribution in [-0.2, 0) is 0 Å². The number of nitrogens with two attached hydrogens (primary N) is 1. The van der Waals surface area contributed by atoms with Gasteiger partial charge in [0.2, 0.25) is 0 Å². The zero-order valence-electron chi connectivity index (χ0n) is 9.47. The summed E-state index contributed by atoms with van der Waals surface area (Å²) in [6.45, 7) is 6.05. The molecule has 0 bridgehead atoms. The Morgan fingerprint density at radius 3 is 2.62 bits per heavy atom. The molecule has 16 heavy (non-hydrogen) atoms. The number of aromatic nitrogens is 3. The van der Waals surface area contributed by atoms with E-state index in [1.807, 2.05) is 20.8 Å². The lowest BCUT2D eigenvalue weighted by Gasteiger charge is -2.23. The second kappa shape index (κ2) is 3.71. The predicted molar refractivity (Wildman–Crippen MR) is 56.2 cm³/mol. The number of hydrogen-bond donors (Lipinski definition) is 1. The van der Waals surface area contributed by atoms with Crippen LogP contribution in [0.5, 0.6) is 0 Å². The fourth-order valence-electron chi connectivity index (χ4n) is 1.18. The Kier molecular flexibility index (Phi) is 2.51. The van der Waals surface area contributed by atoms with Crippen molar-refractivity contribution in [1.82, 2.24) is 15.3 Å². The van der Waals surface area contributed by atoms with Crippen LogP contribution in [0.2, 0.25) is 0 Å². The first kappa shape index (κ1) is 10.8. The lowest BCUT2D eigenvalue weighted by atomic mass is 9.87. The highest BCUT2D eigenvalue weighted by Gasteiger charge is 2.27. The van der Waals surface area contributed by atoms with Gasteiger partial charge in [-0.05, 0) is 5.41 Å². The van der Waals surface area contributed by atoms with Crippen molar-refractivity contribution in [3.8, 4) is 11.6 Å². The van der Waals surface area contributed by atoms with Gasteiger partial charge < -0.3 is 14.8 Å².